The second-order valence-electron chi connectivity index (χ2n) is 7.27. The van der Waals surface area contributed by atoms with E-state index in [0.717, 1.165) is 17.0 Å². The number of ether oxygens (including phenoxy) is 1. The predicted molar refractivity (Wildman–Crippen MR) is 88.9 cm³/mol. The average Bonchev–Trinajstić information content (AvgIpc) is 2.55. The summed E-state index contributed by atoms with van der Waals surface area (Å²) in [5.41, 5.74) is 2.84. The molecule has 0 amide bonds. The number of hydrogen-bond donors (Lipinski definition) is 0. The smallest absolute Gasteiger partial charge is 0.403 e. The predicted octanol–water partition coefficient (Wildman–Crippen LogP) is 6.36. The van der Waals surface area contributed by atoms with Gasteiger partial charge in [-0.2, -0.15) is 0 Å². The monoisotopic (exact) mass is 356 g/mol. The van der Waals surface area contributed by atoms with Crippen molar-refractivity contribution >= 4 is 0 Å². The Bertz CT molecular complexity index is 640. The first-order valence-corrected chi connectivity index (χ1v) is 9.11. The van der Waals surface area contributed by atoms with E-state index in [1.807, 2.05) is 0 Å². The molecule has 2 aliphatic rings. The van der Waals surface area contributed by atoms with Gasteiger partial charge in [0.15, 0.2) is 11.6 Å². The minimum Gasteiger partial charge on any atom is -0.403 e. The fourth-order valence-electron chi connectivity index (χ4n) is 4.27. The zero-order valence-electron chi connectivity index (χ0n) is 14.5. The fourth-order valence-corrected chi connectivity index (χ4v) is 4.27. The minimum atomic E-state index is -4.87. The molecule has 138 valence electrons. The zero-order valence-corrected chi connectivity index (χ0v) is 14.5. The molecule has 2 aliphatic carbocycles. The number of alkyl halides is 3. The van der Waals surface area contributed by atoms with Gasteiger partial charge in [-0.05, 0) is 73.6 Å². The van der Waals surface area contributed by atoms with E-state index in [4.69, 9.17) is 0 Å². The lowest BCUT2D eigenvalue weighted by Crippen LogP contribution is -2.20. The number of allylic oxidation sites excluding steroid dienone is 2. The van der Waals surface area contributed by atoms with Crippen LogP contribution in [0.2, 0.25) is 0 Å². The van der Waals surface area contributed by atoms with Gasteiger partial charge < -0.3 is 4.74 Å². The first kappa shape index (κ1) is 18.3. The van der Waals surface area contributed by atoms with Crippen LogP contribution in [0.15, 0.2) is 23.8 Å². The Labute approximate surface area is 146 Å². The third-order valence-corrected chi connectivity index (χ3v) is 5.53. The molecule has 1 nitrogen and oxygen atoms in total. The maximum absolute atomic E-state index is 14.0. The van der Waals surface area contributed by atoms with Crippen LogP contribution in [0.25, 0.3) is 0 Å². The summed E-state index contributed by atoms with van der Waals surface area (Å²) in [6.45, 7) is 2.22. The van der Waals surface area contributed by atoms with E-state index in [9.17, 15) is 17.6 Å². The molecule has 0 saturated heterocycles. The Kier molecular flexibility index (Phi) is 5.40. The topological polar surface area (TPSA) is 9.23 Å². The standard InChI is InChI=1S/C20H24F4O/c1-2-3-13-4-6-14(7-5-13)15-8-9-16-12-19(25-20(22,23)24)18(21)11-17(16)10-15/h8,11-14H,2-7,9-10H2,1H3. The molecule has 1 fully saturated rings. The van der Waals surface area contributed by atoms with Crippen LogP contribution in [0.4, 0.5) is 17.6 Å². The Morgan fingerprint density at radius 1 is 1.08 bits per heavy atom. The first-order chi connectivity index (χ1) is 11.9. The molecular weight excluding hydrogens is 332 g/mol. The Hall–Kier alpha value is -1.52. The summed E-state index contributed by atoms with van der Waals surface area (Å²) in [6.07, 6.45) is 5.80. The first-order valence-electron chi connectivity index (χ1n) is 9.11. The number of fused-ring (bicyclic) bond motifs is 1. The maximum Gasteiger partial charge on any atom is 0.573 e. The number of rotatable bonds is 4. The highest BCUT2D eigenvalue weighted by Gasteiger charge is 2.33. The van der Waals surface area contributed by atoms with Crippen LogP contribution in [0.5, 0.6) is 5.75 Å². The highest BCUT2D eigenvalue weighted by molar-refractivity contribution is 5.43. The van der Waals surface area contributed by atoms with Crippen LogP contribution in [-0.4, -0.2) is 6.36 Å². The minimum absolute atomic E-state index is 0.537. The van der Waals surface area contributed by atoms with Crippen molar-refractivity contribution in [3.8, 4) is 5.75 Å². The van der Waals surface area contributed by atoms with E-state index in [1.165, 1.54) is 56.2 Å². The molecule has 0 unspecified atom stereocenters. The number of benzene rings is 1. The van der Waals surface area contributed by atoms with E-state index in [2.05, 4.69) is 17.7 Å². The Morgan fingerprint density at radius 2 is 1.80 bits per heavy atom. The lowest BCUT2D eigenvalue weighted by Gasteiger charge is -2.32. The molecule has 0 bridgehead atoms. The Balaban J connectivity index is 1.68. The Morgan fingerprint density at radius 3 is 2.44 bits per heavy atom. The quantitative estimate of drug-likeness (QED) is 0.451. The van der Waals surface area contributed by atoms with Crippen molar-refractivity contribution in [3.05, 3.63) is 40.7 Å². The van der Waals surface area contributed by atoms with Gasteiger partial charge in [0.1, 0.15) is 0 Å². The van der Waals surface area contributed by atoms with E-state index >= 15 is 0 Å². The lowest BCUT2D eigenvalue weighted by atomic mass is 9.74. The lowest BCUT2D eigenvalue weighted by molar-refractivity contribution is -0.275. The highest BCUT2D eigenvalue weighted by Crippen LogP contribution is 2.39. The van der Waals surface area contributed by atoms with E-state index in [-0.39, 0.29) is 0 Å². The van der Waals surface area contributed by atoms with Crippen LogP contribution in [0.1, 0.15) is 56.6 Å². The summed E-state index contributed by atoms with van der Waals surface area (Å²) in [4.78, 5) is 0. The SMILES string of the molecule is CCCC1CCC(C2=CCc3cc(OC(F)(F)F)c(F)cc3C2)CC1. The van der Waals surface area contributed by atoms with Crippen molar-refractivity contribution in [2.45, 2.75) is 64.7 Å². The summed E-state index contributed by atoms with van der Waals surface area (Å²) in [7, 11) is 0. The second-order valence-corrected chi connectivity index (χ2v) is 7.27. The molecule has 25 heavy (non-hydrogen) atoms. The molecule has 0 aromatic heterocycles. The molecular formula is C20H24F4O. The third-order valence-electron chi connectivity index (χ3n) is 5.53. The molecule has 0 radical (unpaired) electrons. The van der Waals surface area contributed by atoms with Gasteiger partial charge in [0.25, 0.3) is 0 Å². The van der Waals surface area contributed by atoms with Crippen molar-refractivity contribution in [1.29, 1.82) is 0 Å². The number of hydrogen-bond acceptors (Lipinski definition) is 1. The molecule has 0 N–H and O–H groups in total. The largest absolute Gasteiger partial charge is 0.573 e. The summed E-state index contributed by atoms with van der Waals surface area (Å²) < 4.78 is 54.8. The highest BCUT2D eigenvalue weighted by atomic mass is 19.4. The van der Waals surface area contributed by atoms with Gasteiger partial charge in [0.2, 0.25) is 0 Å². The van der Waals surface area contributed by atoms with Crippen LogP contribution >= 0.6 is 0 Å². The van der Waals surface area contributed by atoms with E-state index < -0.39 is 17.9 Å². The van der Waals surface area contributed by atoms with E-state index in [1.54, 1.807) is 0 Å². The molecule has 0 aliphatic heterocycles. The van der Waals surface area contributed by atoms with Gasteiger partial charge >= 0.3 is 6.36 Å². The summed E-state index contributed by atoms with van der Waals surface area (Å²) in [6, 6.07) is 2.41. The average molecular weight is 356 g/mol. The van der Waals surface area contributed by atoms with Crippen LogP contribution in [-0.2, 0) is 12.8 Å². The van der Waals surface area contributed by atoms with Crippen molar-refractivity contribution in [2.75, 3.05) is 0 Å². The molecule has 5 heteroatoms. The molecule has 3 rings (SSSR count). The van der Waals surface area contributed by atoms with Crippen LogP contribution in [0.3, 0.4) is 0 Å². The van der Waals surface area contributed by atoms with Gasteiger partial charge in [0, 0.05) is 0 Å². The van der Waals surface area contributed by atoms with Crippen molar-refractivity contribution in [3.63, 3.8) is 0 Å². The molecule has 1 aromatic carbocycles. The molecule has 1 aromatic rings. The molecule has 0 heterocycles. The summed E-state index contributed by atoms with van der Waals surface area (Å²) >= 11 is 0. The molecule has 0 spiro atoms. The van der Waals surface area contributed by atoms with Crippen molar-refractivity contribution in [1.82, 2.24) is 0 Å². The van der Waals surface area contributed by atoms with Crippen LogP contribution in [0, 0.1) is 17.7 Å². The fraction of sp³-hybridized carbons (Fsp3) is 0.600. The van der Waals surface area contributed by atoms with Crippen molar-refractivity contribution < 1.29 is 22.3 Å². The number of halogens is 4. The van der Waals surface area contributed by atoms with Crippen molar-refractivity contribution in [2.24, 2.45) is 11.8 Å². The normalized spacial score (nSPS) is 23.8. The van der Waals surface area contributed by atoms with E-state index in [0.29, 0.717) is 18.8 Å². The summed E-state index contributed by atoms with van der Waals surface area (Å²) in [5, 5.41) is 0. The van der Waals surface area contributed by atoms with Gasteiger partial charge in [-0.15, -0.1) is 13.2 Å². The van der Waals surface area contributed by atoms with Gasteiger partial charge in [-0.25, -0.2) is 4.39 Å². The molecule has 1 saturated carbocycles. The summed E-state index contributed by atoms with van der Waals surface area (Å²) in [5.74, 6) is -0.306. The van der Waals surface area contributed by atoms with Crippen LogP contribution < -0.4 is 4.74 Å². The third kappa shape index (κ3) is 4.56. The maximum atomic E-state index is 14.0. The van der Waals surface area contributed by atoms with Gasteiger partial charge in [-0.1, -0.05) is 31.4 Å². The second kappa shape index (κ2) is 7.38. The van der Waals surface area contributed by atoms with Gasteiger partial charge in [-0.3, -0.25) is 0 Å². The zero-order chi connectivity index (χ0) is 18.0. The van der Waals surface area contributed by atoms with Gasteiger partial charge in [0.05, 0.1) is 0 Å². The molecule has 0 atom stereocenters.